The van der Waals surface area contributed by atoms with E-state index in [0.29, 0.717) is 11.8 Å². The van der Waals surface area contributed by atoms with Gasteiger partial charge in [-0.25, -0.2) is 0 Å². The molecule has 0 aromatic heterocycles. The Morgan fingerprint density at radius 3 is 2.67 bits per heavy atom. The Kier molecular flexibility index (Phi) is 6.43. The van der Waals surface area contributed by atoms with Crippen LogP contribution in [0.4, 0.5) is 0 Å². The fourth-order valence-corrected chi connectivity index (χ4v) is 3.16. The van der Waals surface area contributed by atoms with Gasteiger partial charge < -0.3 is 9.36 Å². The zero-order valence-electron chi connectivity index (χ0n) is 15.4. The van der Waals surface area contributed by atoms with Crippen molar-refractivity contribution >= 4 is 9.39 Å². The highest BCUT2D eigenvalue weighted by molar-refractivity contribution is 7.08. The van der Waals surface area contributed by atoms with Crippen molar-refractivity contribution in [1.29, 1.82) is 0 Å². The van der Waals surface area contributed by atoms with Crippen molar-refractivity contribution in [2.75, 3.05) is 13.6 Å². The van der Waals surface area contributed by atoms with Crippen molar-refractivity contribution in [2.45, 2.75) is 45.6 Å². The average molecular weight is 344 g/mol. The van der Waals surface area contributed by atoms with Gasteiger partial charge in [-0.1, -0.05) is 53.6 Å². The van der Waals surface area contributed by atoms with Crippen LogP contribution in [0.25, 0.3) is 0 Å². The van der Waals surface area contributed by atoms with E-state index in [2.05, 4.69) is 73.7 Å². The normalized spacial score (nSPS) is 18.2. The number of allylic oxidation sites excluding steroid dienone is 6. The van der Waals surface area contributed by atoms with Crippen molar-refractivity contribution in [3.8, 4) is 5.75 Å². The first-order valence-electron chi connectivity index (χ1n) is 8.77. The van der Waals surface area contributed by atoms with Gasteiger partial charge in [0.2, 0.25) is 0 Å². The van der Waals surface area contributed by atoms with Gasteiger partial charge in [0.25, 0.3) is 0 Å². The average Bonchev–Trinajstić information content (AvgIpc) is 2.80. The number of aromatic hydroxyl groups is 1. The van der Waals surface area contributed by atoms with E-state index in [-0.39, 0.29) is 5.92 Å². The molecule has 2 nitrogen and oxygen atoms in total. The van der Waals surface area contributed by atoms with Gasteiger partial charge in [0.15, 0.2) is 0 Å². The lowest BCUT2D eigenvalue weighted by Crippen LogP contribution is -2.40. The van der Waals surface area contributed by atoms with Gasteiger partial charge in [-0.15, -0.1) is 0 Å². The second kappa shape index (κ2) is 8.14. The van der Waals surface area contributed by atoms with E-state index in [4.69, 9.17) is 0 Å². The van der Waals surface area contributed by atoms with Gasteiger partial charge >= 0.3 is 0 Å². The van der Waals surface area contributed by atoms with Crippen LogP contribution >= 0.6 is 9.39 Å². The summed E-state index contributed by atoms with van der Waals surface area (Å²) in [5, 5.41) is 10.5. The Morgan fingerprint density at radius 1 is 1.21 bits per heavy atom. The van der Waals surface area contributed by atoms with Crippen molar-refractivity contribution in [1.82, 2.24) is 0 Å². The van der Waals surface area contributed by atoms with Gasteiger partial charge in [-0.05, 0) is 33.3 Å². The molecular formula is C21H31NOP+. The van der Waals surface area contributed by atoms with Crippen LogP contribution < -0.4 is 0 Å². The highest BCUT2D eigenvalue weighted by Crippen LogP contribution is 2.38. The first kappa shape index (κ1) is 19.0. The molecule has 1 N–H and O–H groups in total. The number of benzene rings is 1. The number of hydrogen-bond acceptors (Lipinski definition) is 1. The number of nitrogens with zero attached hydrogens (tertiary/aromatic N) is 1. The molecule has 0 heterocycles. The van der Waals surface area contributed by atoms with Gasteiger partial charge in [-0.2, -0.15) is 0 Å². The van der Waals surface area contributed by atoms with Gasteiger partial charge in [0, 0.05) is 17.9 Å². The van der Waals surface area contributed by atoms with Crippen LogP contribution in [0.2, 0.25) is 0 Å². The summed E-state index contributed by atoms with van der Waals surface area (Å²) in [5.74, 6) is 0.653. The molecule has 1 aliphatic rings. The molecule has 1 aliphatic carbocycles. The Hall–Kier alpha value is -1.37. The Bertz CT molecular complexity index is 656. The number of rotatable bonds is 6. The summed E-state index contributed by atoms with van der Waals surface area (Å²) in [6.07, 6.45) is 12.7. The second-order valence-electron chi connectivity index (χ2n) is 7.33. The summed E-state index contributed by atoms with van der Waals surface area (Å²) in [6, 6.07) is 6.49. The third-order valence-electron chi connectivity index (χ3n) is 5.11. The van der Waals surface area contributed by atoms with Crippen molar-refractivity contribution < 1.29 is 9.36 Å². The largest absolute Gasteiger partial charge is 0.508 e. The fraction of sp³-hybridized carbons (Fsp3) is 0.429. The van der Waals surface area contributed by atoms with Crippen molar-refractivity contribution in [3.63, 3.8) is 0 Å². The standard InChI is InChI=1S/C21H30NOP/c1-16(2)22(4,24)14-13-19(18-9-7-5-6-8-10-18)20-15-17(3)11-12-21(20)23/h5-9,11-12,15-16,19H,10,13-14,24H2,1-4H3/p+1. The first-order chi connectivity index (χ1) is 11.3. The van der Waals surface area contributed by atoms with Crippen LogP contribution in [-0.4, -0.2) is 29.0 Å². The van der Waals surface area contributed by atoms with E-state index in [1.165, 1.54) is 11.1 Å². The molecule has 0 bridgehead atoms. The van der Waals surface area contributed by atoms with Crippen LogP contribution in [-0.2, 0) is 0 Å². The Balaban J connectivity index is 2.35. The van der Waals surface area contributed by atoms with Crippen LogP contribution in [0.3, 0.4) is 0 Å². The predicted octanol–water partition coefficient (Wildman–Crippen LogP) is 5.26. The maximum Gasteiger partial charge on any atom is 0.119 e. The zero-order valence-corrected chi connectivity index (χ0v) is 16.5. The summed E-state index contributed by atoms with van der Waals surface area (Å²) in [7, 11) is 5.24. The maximum atomic E-state index is 10.5. The highest BCUT2D eigenvalue weighted by Gasteiger charge is 2.26. The molecule has 24 heavy (non-hydrogen) atoms. The summed E-state index contributed by atoms with van der Waals surface area (Å²) in [4.78, 5) is 0. The van der Waals surface area contributed by atoms with Crippen molar-refractivity contribution in [2.24, 2.45) is 0 Å². The molecular weight excluding hydrogens is 313 g/mol. The van der Waals surface area contributed by atoms with Gasteiger partial charge in [0.1, 0.15) is 5.75 Å². The van der Waals surface area contributed by atoms with E-state index in [1.807, 2.05) is 12.1 Å². The summed E-state index contributed by atoms with van der Waals surface area (Å²) >= 11 is 0. The summed E-state index contributed by atoms with van der Waals surface area (Å²) in [6.45, 7) is 7.64. The smallest absolute Gasteiger partial charge is 0.119 e. The number of phenols is 1. The van der Waals surface area contributed by atoms with Gasteiger partial charge in [-0.3, -0.25) is 0 Å². The Morgan fingerprint density at radius 2 is 1.96 bits per heavy atom. The van der Waals surface area contributed by atoms with Crippen molar-refractivity contribution in [3.05, 3.63) is 65.3 Å². The molecule has 0 aliphatic heterocycles. The molecule has 0 amide bonds. The number of aryl methyl sites for hydroxylation is 1. The molecule has 0 saturated heterocycles. The topological polar surface area (TPSA) is 20.2 Å². The lowest BCUT2D eigenvalue weighted by Gasteiger charge is -2.35. The molecule has 0 fully saturated rings. The van der Waals surface area contributed by atoms with E-state index in [1.54, 1.807) is 0 Å². The molecule has 0 radical (unpaired) electrons. The molecule has 1 aromatic rings. The van der Waals surface area contributed by atoms with E-state index in [9.17, 15) is 5.11 Å². The molecule has 130 valence electrons. The van der Waals surface area contributed by atoms with Crippen LogP contribution in [0, 0.1) is 6.92 Å². The van der Waals surface area contributed by atoms with E-state index >= 15 is 0 Å². The predicted molar refractivity (Wildman–Crippen MR) is 107 cm³/mol. The summed E-state index contributed by atoms with van der Waals surface area (Å²) in [5.41, 5.74) is 3.62. The van der Waals surface area contributed by atoms with E-state index < -0.39 is 0 Å². The number of phenolic OH excluding ortho intramolecular Hbond substituents is 1. The Labute approximate surface area is 149 Å². The lowest BCUT2D eigenvalue weighted by atomic mass is 9.85. The molecule has 0 saturated carbocycles. The van der Waals surface area contributed by atoms with E-state index in [0.717, 1.165) is 29.2 Å². The maximum absolute atomic E-state index is 10.5. The second-order valence-corrected chi connectivity index (χ2v) is 8.51. The van der Waals surface area contributed by atoms with Crippen LogP contribution in [0.1, 0.15) is 43.7 Å². The van der Waals surface area contributed by atoms with Crippen LogP contribution in [0.5, 0.6) is 5.75 Å². The highest BCUT2D eigenvalue weighted by atomic mass is 31.0. The monoisotopic (exact) mass is 344 g/mol. The summed E-state index contributed by atoms with van der Waals surface area (Å²) < 4.78 is 0.905. The minimum atomic E-state index is 0.244. The lowest BCUT2D eigenvalue weighted by molar-refractivity contribution is -0.802. The molecule has 2 rings (SSSR count). The number of quaternary nitrogens is 1. The third-order valence-corrected chi connectivity index (χ3v) is 5.96. The SMILES string of the molecule is Cc1ccc(O)c(C(CC[N+](C)(P)C(C)C)C2=CC=CC=CC2)c1. The minimum absolute atomic E-state index is 0.244. The molecule has 3 heteroatoms. The minimum Gasteiger partial charge on any atom is -0.508 e. The molecule has 3 unspecified atom stereocenters. The number of hydrogen-bond donors (Lipinski definition) is 1. The zero-order chi connectivity index (χ0) is 17.7. The third kappa shape index (κ3) is 4.82. The molecule has 3 atom stereocenters. The van der Waals surface area contributed by atoms with Crippen LogP contribution in [0.15, 0.2) is 54.2 Å². The quantitative estimate of drug-likeness (QED) is 0.698. The molecule has 1 aromatic carbocycles. The van der Waals surface area contributed by atoms with Gasteiger partial charge in [0.05, 0.1) is 29.0 Å². The first-order valence-corrected chi connectivity index (χ1v) is 9.28. The molecule has 0 spiro atoms. The fourth-order valence-electron chi connectivity index (χ4n) is 3.01.